The van der Waals surface area contributed by atoms with Crippen LogP contribution in [0.4, 0.5) is 0 Å². The predicted octanol–water partition coefficient (Wildman–Crippen LogP) is 1.00. The largest absolute Gasteiger partial charge is 0.762 e. The Hall–Kier alpha value is -2.37. The topological polar surface area (TPSA) is 78.3 Å². The highest BCUT2D eigenvalue weighted by molar-refractivity contribution is 7.06. The highest BCUT2D eigenvalue weighted by Crippen LogP contribution is 2.13. The summed E-state index contributed by atoms with van der Waals surface area (Å²) < 4.78 is 8.86. The smallest absolute Gasteiger partial charge is 0.347 e. The third-order valence-corrected chi connectivity index (χ3v) is 2.88. The number of hydrogen-bond donors (Lipinski definition) is 0. The molecule has 0 atom stereocenters. The normalized spacial score (nSPS) is 9.74. The number of carbonyl (C=O) groups is 1. The maximum Gasteiger partial charge on any atom is 0.347 e. The van der Waals surface area contributed by atoms with Crippen molar-refractivity contribution in [2.45, 2.75) is 6.92 Å². The van der Waals surface area contributed by atoms with E-state index in [2.05, 4.69) is 9.59 Å². The van der Waals surface area contributed by atoms with E-state index in [4.69, 9.17) is 10.1 Å². The number of carbonyl (C=O) groups excluding carboxylic acids is 1. The first kappa shape index (κ1) is 13.1. The number of rotatable bonds is 4. The Bertz CT molecular complexity index is 632. The van der Waals surface area contributed by atoms with E-state index in [1.807, 2.05) is 30.3 Å². The molecule has 0 amide bonds. The van der Waals surface area contributed by atoms with Crippen LogP contribution in [0.1, 0.15) is 11.9 Å². The molecule has 0 spiro atoms. The molecule has 19 heavy (non-hydrogen) atoms. The first-order valence-corrected chi connectivity index (χ1v) is 6.30. The lowest BCUT2D eigenvalue weighted by Gasteiger charge is -1.99. The molecule has 96 valence electrons. The van der Waals surface area contributed by atoms with Crippen molar-refractivity contribution in [3.8, 4) is 5.69 Å². The van der Waals surface area contributed by atoms with Crippen molar-refractivity contribution in [1.29, 1.82) is 0 Å². The second-order valence-electron chi connectivity index (χ2n) is 3.41. The fourth-order valence-corrected chi connectivity index (χ4v) is 1.97. The van der Waals surface area contributed by atoms with Gasteiger partial charge in [0, 0.05) is 17.2 Å². The van der Waals surface area contributed by atoms with Crippen LogP contribution in [-0.4, -0.2) is 28.0 Å². The first-order chi connectivity index (χ1) is 9.26. The number of aromatic nitrogens is 3. The summed E-state index contributed by atoms with van der Waals surface area (Å²) in [6.45, 7) is 1.89. The zero-order valence-corrected chi connectivity index (χ0v) is 10.9. The van der Waals surface area contributed by atoms with E-state index < -0.39 is 5.97 Å². The Kier molecular flexibility index (Phi) is 4.12. The summed E-state index contributed by atoms with van der Waals surface area (Å²) in [7, 11) is 0. The zero-order chi connectivity index (χ0) is 13.7. The molecule has 0 unspecified atom stereocenters. The van der Waals surface area contributed by atoms with Gasteiger partial charge in [0.05, 0.1) is 27.4 Å². The molecule has 1 heterocycles. The van der Waals surface area contributed by atoms with Crippen LogP contribution in [0.15, 0.2) is 30.3 Å². The van der Waals surface area contributed by atoms with Crippen molar-refractivity contribution in [1.82, 2.24) is 9.59 Å². The average molecular weight is 274 g/mol. The van der Waals surface area contributed by atoms with Crippen molar-refractivity contribution >= 4 is 28.9 Å². The fraction of sp³-hybridized carbons (Fsp3) is 0.167. The Morgan fingerprint density at radius 1 is 1.47 bits per heavy atom. The molecule has 0 radical (unpaired) electrons. The lowest BCUT2D eigenvalue weighted by molar-refractivity contribution is -0.710. The molecule has 0 aliphatic carbocycles. The van der Waals surface area contributed by atoms with Crippen LogP contribution in [0.2, 0.25) is 0 Å². The molecule has 0 saturated carbocycles. The van der Waals surface area contributed by atoms with Crippen LogP contribution in [0.3, 0.4) is 0 Å². The number of ether oxygens (including phenoxy) is 1. The minimum absolute atomic E-state index is 0.131. The predicted molar refractivity (Wildman–Crippen MR) is 69.8 cm³/mol. The summed E-state index contributed by atoms with van der Waals surface area (Å²) in [5, 5.41) is 13.4. The maximum atomic E-state index is 11.6. The average Bonchev–Trinajstić information content (AvgIpc) is 2.90. The highest BCUT2D eigenvalue weighted by atomic mass is 32.1. The van der Waals surface area contributed by atoms with Gasteiger partial charge in [-0.25, -0.2) is 4.79 Å². The highest BCUT2D eigenvalue weighted by Gasteiger charge is 2.22. The van der Waals surface area contributed by atoms with E-state index in [1.54, 1.807) is 12.8 Å². The van der Waals surface area contributed by atoms with Gasteiger partial charge >= 0.3 is 5.97 Å². The number of esters is 1. The fourth-order valence-electron chi connectivity index (χ4n) is 1.35. The van der Waals surface area contributed by atoms with Crippen LogP contribution >= 0.6 is 11.5 Å². The SMILES string of the molecule is CCOC(=O)C(=C=[N-])c1n[n+](-c2ccccc2)ns1. The van der Waals surface area contributed by atoms with Gasteiger partial charge in [0.25, 0.3) is 5.69 Å². The van der Waals surface area contributed by atoms with Gasteiger partial charge in [-0.1, -0.05) is 18.2 Å². The van der Waals surface area contributed by atoms with Crippen LogP contribution in [0.25, 0.3) is 16.7 Å². The molecule has 0 fully saturated rings. The van der Waals surface area contributed by atoms with Crippen LogP contribution in [0.5, 0.6) is 0 Å². The van der Waals surface area contributed by atoms with Crippen molar-refractivity contribution in [2.75, 3.05) is 6.61 Å². The monoisotopic (exact) mass is 274 g/mol. The lowest BCUT2D eigenvalue weighted by Crippen LogP contribution is -2.35. The van der Waals surface area contributed by atoms with Crippen LogP contribution in [-0.2, 0) is 9.53 Å². The van der Waals surface area contributed by atoms with E-state index in [-0.39, 0.29) is 17.2 Å². The van der Waals surface area contributed by atoms with Gasteiger partial charge < -0.3 is 10.1 Å². The Morgan fingerprint density at radius 3 is 2.84 bits per heavy atom. The van der Waals surface area contributed by atoms with E-state index in [0.717, 1.165) is 17.2 Å². The van der Waals surface area contributed by atoms with Crippen LogP contribution < -0.4 is 4.80 Å². The van der Waals surface area contributed by atoms with Crippen molar-refractivity contribution in [2.24, 2.45) is 0 Å². The molecule has 0 saturated heterocycles. The summed E-state index contributed by atoms with van der Waals surface area (Å²) >= 11 is 0.973. The van der Waals surface area contributed by atoms with Crippen molar-refractivity contribution in [3.05, 3.63) is 40.7 Å². The maximum absolute atomic E-state index is 11.6. The Balaban J connectivity index is 2.31. The van der Waals surface area contributed by atoms with Crippen molar-refractivity contribution < 1.29 is 14.3 Å². The summed E-state index contributed by atoms with van der Waals surface area (Å²) in [4.78, 5) is 12.9. The molecule has 0 N–H and O–H groups in total. The van der Waals surface area contributed by atoms with E-state index in [9.17, 15) is 4.79 Å². The molecular weight excluding hydrogens is 264 g/mol. The third kappa shape index (κ3) is 2.90. The summed E-state index contributed by atoms with van der Waals surface area (Å²) in [5.74, 6) is 1.13. The molecule has 6 nitrogen and oxygen atoms in total. The zero-order valence-electron chi connectivity index (χ0n) is 10.1. The molecule has 2 aromatic rings. The molecular formula is C12H10N4O2S. The molecule has 1 aromatic carbocycles. The standard InChI is InChI=1S/C12H10N4O2S/c1-2-18-12(17)10(8-13)11-14-16(15-19-11)9-6-4-3-5-7-9/h3-7H,2H2,1H3. The first-order valence-electron chi connectivity index (χ1n) is 5.52. The second kappa shape index (κ2) is 5.99. The molecule has 0 aliphatic heterocycles. The van der Waals surface area contributed by atoms with Crippen molar-refractivity contribution in [3.63, 3.8) is 0 Å². The minimum atomic E-state index is -0.679. The summed E-state index contributed by atoms with van der Waals surface area (Å²) in [5.41, 5.74) is 0.625. The van der Waals surface area contributed by atoms with E-state index in [0.29, 0.717) is 0 Å². The molecule has 0 aliphatic rings. The molecule has 1 aromatic heterocycles. The summed E-state index contributed by atoms with van der Waals surface area (Å²) in [6, 6.07) is 9.23. The van der Waals surface area contributed by atoms with Gasteiger partial charge in [-0.05, 0) is 6.92 Å². The minimum Gasteiger partial charge on any atom is -0.762 e. The Morgan fingerprint density at radius 2 is 2.21 bits per heavy atom. The molecule has 7 heteroatoms. The quantitative estimate of drug-likeness (QED) is 0.360. The molecule has 0 bridgehead atoms. The second-order valence-corrected chi connectivity index (χ2v) is 4.14. The number of nitrogens with zero attached hydrogens (tertiary/aromatic N) is 4. The lowest BCUT2D eigenvalue weighted by atomic mass is 10.3. The van der Waals surface area contributed by atoms with E-state index in [1.165, 1.54) is 4.80 Å². The van der Waals surface area contributed by atoms with E-state index >= 15 is 0 Å². The number of hydrogen-bond acceptors (Lipinski definition) is 5. The Labute approximate surface area is 113 Å². The summed E-state index contributed by atoms with van der Waals surface area (Å²) in [6.07, 6.45) is 0. The van der Waals surface area contributed by atoms with Crippen LogP contribution in [0, 0.1) is 0 Å². The number of para-hydroxylation sites is 1. The molecule has 2 rings (SSSR count). The van der Waals surface area contributed by atoms with Gasteiger partial charge in [-0.2, -0.15) is 0 Å². The van der Waals surface area contributed by atoms with Gasteiger partial charge in [0.2, 0.25) is 5.01 Å². The van der Waals surface area contributed by atoms with Gasteiger partial charge in [-0.15, -0.1) is 0 Å². The number of benzene rings is 1. The van der Waals surface area contributed by atoms with Gasteiger partial charge in [0.15, 0.2) is 0 Å². The van der Waals surface area contributed by atoms with Gasteiger partial charge in [0.1, 0.15) is 5.57 Å². The third-order valence-electron chi connectivity index (χ3n) is 2.18. The van der Waals surface area contributed by atoms with Gasteiger partial charge in [-0.3, -0.25) is 5.87 Å².